The molecule has 1 aromatic carbocycles. The topological polar surface area (TPSA) is 29.5 Å². The number of alkyl halides is 11. The van der Waals surface area contributed by atoms with Gasteiger partial charge in [-0.3, -0.25) is 0 Å². The second-order valence-corrected chi connectivity index (χ2v) is 5.96. The van der Waals surface area contributed by atoms with Gasteiger partial charge in [0.15, 0.2) is 0 Å². The fourth-order valence-electron chi connectivity index (χ4n) is 2.80. The van der Waals surface area contributed by atoms with Crippen molar-refractivity contribution in [3.05, 3.63) is 29.8 Å². The molecule has 1 saturated carbocycles. The van der Waals surface area contributed by atoms with Gasteiger partial charge in [-0.1, -0.05) is 18.2 Å². The van der Waals surface area contributed by atoms with Gasteiger partial charge in [0, 0.05) is 5.56 Å². The molecule has 0 aromatic heterocycles. The zero-order chi connectivity index (χ0) is 22.0. The molecular weight excluding hydrogens is 421 g/mol. The smallest absolute Gasteiger partial charge is 0.384 e. The highest BCUT2D eigenvalue weighted by atomic mass is 19.4. The third kappa shape index (κ3) is 2.25. The summed E-state index contributed by atoms with van der Waals surface area (Å²) in [5.74, 6) is -36.9. The van der Waals surface area contributed by atoms with Crippen molar-refractivity contribution in [2.45, 2.75) is 48.3 Å². The number of halogens is 11. The first-order valence-electron chi connectivity index (χ1n) is 7.44. The van der Waals surface area contributed by atoms with Gasteiger partial charge in [-0.05, 0) is 13.0 Å². The lowest BCUT2D eigenvalue weighted by Crippen LogP contribution is -2.84. The van der Waals surface area contributed by atoms with E-state index in [1.807, 2.05) is 0 Å². The van der Waals surface area contributed by atoms with E-state index < -0.39 is 52.7 Å². The maximum Gasteiger partial charge on any atom is 0.384 e. The maximum absolute atomic E-state index is 14.9. The summed E-state index contributed by atoms with van der Waals surface area (Å²) >= 11 is 0. The first-order chi connectivity index (χ1) is 12.5. The van der Waals surface area contributed by atoms with Crippen molar-refractivity contribution in [3.8, 4) is 5.75 Å². The Morgan fingerprint density at radius 2 is 1.14 bits per heavy atom. The average Bonchev–Trinajstić information content (AvgIpc) is 2.59. The minimum atomic E-state index is -7.33. The van der Waals surface area contributed by atoms with E-state index in [1.165, 1.54) is 6.92 Å². The molecule has 13 heteroatoms. The molecule has 0 bridgehead atoms. The van der Waals surface area contributed by atoms with E-state index in [1.54, 1.807) is 0 Å². The number of benzene rings is 1. The molecule has 28 heavy (non-hydrogen) atoms. The predicted molar refractivity (Wildman–Crippen MR) is 71.1 cm³/mol. The molecule has 0 saturated heterocycles. The van der Waals surface area contributed by atoms with Gasteiger partial charge in [0.2, 0.25) is 0 Å². The summed E-state index contributed by atoms with van der Waals surface area (Å²) in [6, 6.07) is 3.15. The van der Waals surface area contributed by atoms with Crippen molar-refractivity contribution in [2.24, 2.45) is 0 Å². The predicted octanol–water partition coefficient (Wildman–Crippen LogP) is 5.02. The minimum absolute atomic E-state index is 0.319. The van der Waals surface area contributed by atoms with Crippen LogP contribution in [-0.4, -0.2) is 47.0 Å². The molecule has 1 unspecified atom stereocenters. The molecule has 0 amide bonds. The Balaban J connectivity index is 2.83. The van der Waals surface area contributed by atoms with E-state index in [0.29, 0.717) is 6.07 Å². The minimum Gasteiger partial charge on any atom is -0.493 e. The van der Waals surface area contributed by atoms with Crippen LogP contribution in [0.25, 0.3) is 0 Å². The van der Waals surface area contributed by atoms with E-state index in [2.05, 4.69) is 0 Å². The molecule has 1 aliphatic rings. The molecule has 1 aliphatic carbocycles. The van der Waals surface area contributed by atoms with Crippen LogP contribution in [0, 0.1) is 0 Å². The van der Waals surface area contributed by atoms with Gasteiger partial charge in [-0.15, -0.1) is 0 Å². The summed E-state index contributed by atoms with van der Waals surface area (Å²) in [5.41, 5.74) is -7.87. The summed E-state index contributed by atoms with van der Waals surface area (Å²) < 4.78 is 156. The number of para-hydroxylation sites is 1. The van der Waals surface area contributed by atoms with Crippen LogP contribution in [0.5, 0.6) is 5.75 Å². The van der Waals surface area contributed by atoms with Gasteiger partial charge >= 0.3 is 29.6 Å². The molecule has 1 N–H and O–H groups in total. The van der Waals surface area contributed by atoms with Crippen LogP contribution in [0.3, 0.4) is 0 Å². The number of ether oxygens (including phenoxy) is 1. The van der Waals surface area contributed by atoms with Crippen molar-refractivity contribution in [2.75, 3.05) is 6.61 Å². The second-order valence-electron chi connectivity index (χ2n) is 5.96. The van der Waals surface area contributed by atoms with Crippen LogP contribution >= 0.6 is 0 Å². The summed E-state index contributed by atoms with van der Waals surface area (Å²) in [4.78, 5) is 0. The molecule has 1 aromatic rings. The molecule has 0 radical (unpaired) electrons. The van der Waals surface area contributed by atoms with E-state index >= 15 is 0 Å². The third-order valence-electron chi connectivity index (χ3n) is 4.38. The molecule has 160 valence electrons. The molecule has 2 nitrogen and oxygen atoms in total. The Bertz CT molecular complexity index is 717. The summed E-state index contributed by atoms with van der Waals surface area (Å²) in [7, 11) is 0. The van der Waals surface area contributed by atoms with Gasteiger partial charge in [-0.2, -0.15) is 43.9 Å². The largest absolute Gasteiger partial charge is 0.493 e. The zero-order valence-corrected chi connectivity index (χ0v) is 13.6. The van der Waals surface area contributed by atoms with Gasteiger partial charge in [0.1, 0.15) is 11.9 Å². The first kappa shape index (κ1) is 22.5. The number of aliphatic hydroxyl groups excluding tert-OH is 1. The van der Waals surface area contributed by atoms with Crippen LogP contribution < -0.4 is 4.74 Å². The Hall–Kier alpha value is -1.79. The number of hydrogen-bond acceptors (Lipinski definition) is 2. The Kier molecular flexibility index (Phi) is 4.90. The van der Waals surface area contributed by atoms with Crippen LogP contribution in [0.4, 0.5) is 48.3 Å². The van der Waals surface area contributed by atoms with Gasteiger partial charge in [-0.25, -0.2) is 4.39 Å². The van der Waals surface area contributed by atoms with Crippen LogP contribution in [0.2, 0.25) is 0 Å². The molecule has 0 spiro atoms. The summed E-state index contributed by atoms with van der Waals surface area (Å²) in [5, 5.41) is 9.79. The molecule has 0 aliphatic heterocycles. The van der Waals surface area contributed by atoms with Crippen LogP contribution in [-0.2, 0) is 0 Å². The van der Waals surface area contributed by atoms with Gasteiger partial charge in [0.05, 0.1) is 6.61 Å². The summed E-state index contributed by atoms with van der Waals surface area (Å²) in [6.07, 6.45) is -4.09. The van der Waals surface area contributed by atoms with Gasteiger partial charge < -0.3 is 9.84 Å². The molecule has 1 fully saturated rings. The lowest BCUT2D eigenvalue weighted by molar-refractivity contribution is -0.494. The van der Waals surface area contributed by atoms with E-state index in [4.69, 9.17) is 4.74 Å². The molecular formula is C15H11F11O2. The lowest BCUT2D eigenvalue weighted by Gasteiger charge is -2.53. The van der Waals surface area contributed by atoms with Gasteiger partial charge in [0.25, 0.3) is 5.67 Å². The quantitative estimate of drug-likeness (QED) is 0.678. The Morgan fingerprint density at radius 1 is 0.750 bits per heavy atom. The lowest BCUT2D eigenvalue weighted by atomic mass is 9.68. The van der Waals surface area contributed by atoms with Crippen molar-refractivity contribution in [3.63, 3.8) is 0 Å². The van der Waals surface area contributed by atoms with Crippen LogP contribution in [0.1, 0.15) is 18.6 Å². The molecule has 1 atom stereocenters. The fourth-order valence-corrected chi connectivity index (χ4v) is 2.80. The number of aliphatic hydroxyl groups is 1. The highest BCUT2D eigenvalue weighted by Gasteiger charge is 3.02. The highest BCUT2D eigenvalue weighted by Crippen LogP contribution is 2.71. The first-order valence-corrected chi connectivity index (χ1v) is 7.44. The second kappa shape index (κ2) is 6.10. The molecule has 2 rings (SSSR count). The number of hydrogen-bond donors (Lipinski definition) is 1. The van der Waals surface area contributed by atoms with Crippen molar-refractivity contribution in [1.82, 2.24) is 0 Å². The maximum atomic E-state index is 14.9. The number of rotatable bonds is 4. The van der Waals surface area contributed by atoms with Crippen molar-refractivity contribution >= 4 is 0 Å². The fraction of sp³-hybridized carbons (Fsp3) is 0.600. The standard InChI is InChI=1S/C15H11F11O2/c1-2-28-8-6-4-3-5-7(8)9(27)10(16)11(17,18)13(21,22)15(25,26)14(23,24)12(10,19)20/h3-6,9,27H,2H2,1H3. The average molecular weight is 432 g/mol. The third-order valence-corrected chi connectivity index (χ3v) is 4.38. The van der Waals surface area contributed by atoms with Crippen molar-refractivity contribution in [1.29, 1.82) is 0 Å². The SMILES string of the molecule is CCOc1ccccc1C(O)C1(F)C(F)(F)C(F)(F)C(F)(F)C(F)(F)C1(F)F. The highest BCUT2D eigenvalue weighted by molar-refractivity contribution is 5.40. The normalized spacial score (nSPS) is 27.0. The molecule has 0 heterocycles. The van der Waals surface area contributed by atoms with E-state index in [-0.39, 0.29) is 6.61 Å². The van der Waals surface area contributed by atoms with Crippen molar-refractivity contribution < 1.29 is 58.1 Å². The Labute approximate surface area is 149 Å². The van der Waals surface area contributed by atoms with E-state index in [0.717, 1.165) is 18.2 Å². The Morgan fingerprint density at radius 3 is 1.57 bits per heavy atom. The monoisotopic (exact) mass is 432 g/mol. The zero-order valence-electron chi connectivity index (χ0n) is 13.6. The van der Waals surface area contributed by atoms with Crippen LogP contribution in [0.15, 0.2) is 24.3 Å². The summed E-state index contributed by atoms with van der Waals surface area (Å²) in [6.45, 7) is 0.946. The van der Waals surface area contributed by atoms with E-state index in [9.17, 15) is 53.4 Å².